The van der Waals surface area contributed by atoms with Crippen LogP contribution in [0.4, 0.5) is 26.3 Å². The summed E-state index contributed by atoms with van der Waals surface area (Å²) in [5, 5.41) is 0. The van der Waals surface area contributed by atoms with Crippen LogP contribution in [0, 0.1) is 0 Å². The lowest BCUT2D eigenvalue weighted by Crippen LogP contribution is -2.17. The number of ether oxygens (including phenoxy) is 1. The van der Waals surface area contributed by atoms with Crippen molar-refractivity contribution in [1.29, 1.82) is 0 Å². The Morgan fingerprint density at radius 3 is 2.25 bits per heavy atom. The highest BCUT2D eigenvalue weighted by molar-refractivity contribution is 8.00. The highest BCUT2D eigenvalue weighted by Gasteiger charge is 2.33. The molecule has 1 rings (SSSR count). The van der Waals surface area contributed by atoms with Gasteiger partial charge in [0.2, 0.25) is 0 Å². The summed E-state index contributed by atoms with van der Waals surface area (Å²) in [4.78, 5) is -0.155. The fourth-order valence-electron chi connectivity index (χ4n) is 1.43. The van der Waals surface area contributed by atoms with Crippen molar-refractivity contribution in [3.05, 3.63) is 23.8 Å². The molecule has 0 aliphatic heterocycles. The Balaban J connectivity index is 2.99. The molecule has 0 radical (unpaired) electrons. The molecule has 1 aromatic carbocycles. The number of aryl methyl sites for hydroxylation is 1. The zero-order valence-corrected chi connectivity index (χ0v) is 11.4. The van der Waals surface area contributed by atoms with E-state index in [9.17, 15) is 26.3 Å². The Hall–Kier alpha value is -0.760. The van der Waals surface area contributed by atoms with Gasteiger partial charge in [-0.2, -0.15) is 13.2 Å². The van der Waals surface area contributed by atoms with Gasteiger partial charge in [-0.1, -0.05) is 0 Å². The first-order valence-electron chi connectivity index (χ1n) is 5.31. The molecule has 9 heteroatoms. The zero-order valence-electron chi connectivity index (χ0n) is 9.82. The number of rotatable bonds is 5. The fraction of sp³-hybridized carbons (Fsp3) is 0.455. The first-order valence-corrected chi connectivity index (χ1v) is 6.66. The molecule has 0 atom stereocenters. The van der Waals surface area contributed by atoms with Gasteiger partial charge in [0.1, 0.15) is 5.75 Å². The van der Waals surface area contributed by atoms with Gasteiger partial charge < -0.3 is 4.74 Å². The van der Waals surface area contributed by atoms with Crippen molar-refractivity contribution in [3.8, 4) is 5.75 Å². The maximum atomic E-state index is 12.3. The van der Waals surface area contributed by atoms with E-state index in [1.54, 1.807) is 0 Å². The Kier molecular flexibility index (Phi) is 5.88. The van der Waals surface area contributed by atoms with Gasteiger partial charge in [0.05, 0.1) is 0 Å². The standard InChI is InChI=1S/C11H9ClF6OS/c12-5-1-2-7-6-8(19-10(13,14)15)3-4-9(7)20-11(16,17)18/h3-4,6H,1-2,5H2. The smallest absolute Gasteiger partial charge is 0.406 e. The van der Waals surface area contributed by atoms with Gasteiger partial charge in [-0.3, -0.25) is 0 Å². The number of hydrogen-bond acceptors (Lipinski definition) is 2. The van der Waals surface area contributed by atoms with E-state index in [2.05, 4.69) is 4.74 Å². The van der Waals surface area contributed by atoms with Crippen LogP contribution in [0.15, 0.2) is 23.1 Å². The van der Waals surface area contributed by atoms with Gasteiger partial charge in [-0.15, -0.1) is 24.8 Å². The monoisotopic (exact) mass is 338 g/mol. The third kappa shape index (κ3) is 6.60. The average molecular weight is 339 g/mol. The summed E-state index contributed by atoms with van der Waals surface area (Å²) < 4.78 is 76.9. The van der Waals surface area contributed by atoms with E-state index in [4.69, 9.17) is 11.6 Å². The van der Waals surface area contributed by atoms with Gasteiger partial charge >= 0.3 is 11.9 Å². The van der Waals surface area contributed by atoms with Crippen LogP contribution in [0.25, 0.3) is 0 Å². The molecule has 0 bridgehead atoms. The minimum atomic E-state index is -4.89. The van der Waals surface area contributed by atoms with Crippen molar-refractivity contribution in [2.45, 2.75) is 29.6 Å². The van der Waals surface area contributed by atoms with Crippen LogP contribution >= 0.6 is 23.4 Å². The van der Waals surface area contributed by atoms with Crippen molar-refractivity contribution in [1.82, 2.24) is 0 Å². The number of hydrogen-bond donors (Lipinski definition) is 0. The molecule has 0 heterocycles. The topological polar surface area (TPSA) is 9.23 Å². The Morgan fingerprint density at radius 2 is 1.75 bits per heavy atom. The molecule has 0 amide bonds. The average Bonchev–Trinajstić information content (AvgIpc) is 2.25. The molecule has 0 N–H and O–H groups in total. The lowest BCUT2D eigenvalue weighted by atomic mass is 10.1. The summed E-state index contributed by atoms with van der Waals surface area (Å²) >= 11 is 5.07. The maximum Gasteiger partial charge on any atom is 0.573 e. The highest BCUT2D eigenvalue weighted by Crippen LogP contribution is 2.40. The van der Waals surface area contributed by atoms with Crippen LogP contribution in [0.3, 0.4) is 0 Å². The second kappa shape index (κ2) is 6.80. The first kappa shape index (κ1) is 17.3. The van der Waals surface area contributed by atoms with Gasteiger partial charge in [0.25, 0.3) is 0 Å². The lowest BCUT2D eigenvalue weighted by molar-refractivity contribution is -0.274. The number of halogens is 7. The minimum absolute atomic E-state index is 0.120. The molecule has 1 nitrogen and oxygen atoms in total. The summed E-state index contributed by atoms with van der Waals surface area (Å²) in [5.41, 5.74) is -4.39. The second-order valence-electron chi connectivity index (χ2n) is 3.66. The van der Waals surface area contributed by atoms with Crippen LogP contribution < -0.4 is 4.74 Å². The largest absolute Gasteiger partial charge is 0.573 e. The first-order chi connectivity index (χ1) is 9.11. The number of benzene rings is 1. The van der Waals surface area contributed by atoms with Gasteiger partial charge in [0.15, 0.2) is 0 Å². The Morgan fingerprint density at radius 1 is 1.10 bits per heavy atom. The lowest BCUT2D eigenvalue weighted by Gasteiger charge is -2.14. The van der Waals surface area contributed by atoms with E-state index in [1.807, 2.05) is 0 Å². The molecule has 0 aromatic heterocycles. The predicted molar refractivity (Wildman–Crippen MR) is 64.1 cm³/mol. The molecule has 0 saturated heterocycles. The van der Waals surface area contributed by atoms with E-state index >= 15 is 0 Å². The van der Waals surface area contributed by atoms with E-state index in [1.165, 1.54) is 0 Å². The third-order valence-corrected chi connectivity index (χ3v) is 3.19. The highest BCUT2D eigenvalue weighted by atomic mass is 35.5. The van der Waals surface area contributed by atoms with Crippen molar-refractivity contribution in [3.63, 3.8) is 0 Å². The van der Waals surface area contributed by atoms with Crippen LogP contribution in [-0.2, 0) is 6.42 Å². The van der Waals surface area contributed by atoms with E-state index in [0.29, 0.717) is 6.42 Å². The molecule has 0 spiro atoms. The summed E-state index contributed by atoms with van der Waals surface area (Å²) in [6.07, 6.45) is -4.40. The fourth-order valence-corrected chi connectivity index (χ4v) is 2.24. The normalized spacial score (nSPS) is 12.6. The molecular weight excluding hydrogens is 330 g/mol. The molecule has 114 valence electrons. The van der Waals surface area contributed by atoms with Crippen molar-refractivity contribution in [2.24, 2.45) is 0 Å². The quantitative estimate of drug-likeness (QED) is 0.405. The van der Waals surface area contributed by atoms with Gasteiger partial charge in [0, 0.05) is 10.8 Å². The zero-order chi connectivity index (χ0) is 15.4. The van der Waals surface area contributed by atoms with Crippen LogP contribution in [0.5, 0.6) is 5.75 Å². The SMILES string of the molecule is FC(F)(F)Oc1ccc(SC(F)(F)F)c(CCCCl)c1. The van der Waals surface area contributed by atoms with E-state index < -0.39 is 17.6 Å². The summed E-state index contributed by atoms with van der Waals surface area (Å²) in [6, 6.07) is 2.77. The minimum Gasteiger partial charge on any atom is -0.406 e. The molecule has 0 aliphatic carbocycles. The van der Waals surface area contributed by atoms with Crippen molar-refractivity contribution >= 4 is 23.4 Å². The summed E-state index contributed by atoms with van der Waals surface area (Å²) in [6.45, 7) is 0. The Labute approximate surface area is 120 Å². The third-order valence-electron chi connectivity index (χ3n) is 2.07. The van der Waals surface area contributed by atoms with Crippen LogP contribution in [0.2, 0.25) is 0 Å². The van der Waals surface area contributed by atoms with Crippen LogP contribution in [0.1, 0.15) is 12.0 Å². The molecule has 0 fully saturated rings. The summed E-state index contributed by atoms with van der Waals surface area (Å²) in [5.74, 6) is -0.353. The second-order valence-corrected chi connectivity index (χ2v) is 5.14. The maximum absolute atomic E-state index is 12.3. The molecule has 0 aliphatic rings. The molecule has 0 saturated carbocycles. The molecular formula is C11H9ClF6OS. The van der Waals surface area contributed by atoms with Crippen LogP contribution in [-0.4, -0.2) is 17.8 Å². The molecule has 1 aromatic rings. The predicted octanol–water partition coefficient (Wildman–Crippen LogP) is 5.37. The number of alkyl halides is 7. The number of thioether (sulfide) groups is 1. The van der Waals surface area contributed by atoms with Crippen molar-refractivity contribution < 1.29 is 31.1 Å². The van der Waals surface area contributed by atoms with E-state index in [-0.39, 0.29) is 34.5 Å². The van der Waals surface area contributed by atoms with E-state index in [0.717, 1.165) is 18.2 Å². The summed E-state index contributed by atoms with van der Waals surface area (Å²) in [7, 11) is 0. The molecule has 20 heavy (non-hydrogen) atoms. The van der Waals surface area contributed by atoms with Gasteiger partial charge in [-0.25, -0.2) is 0 Å². The Bertz CT molecular complexity index is 446. The van der Waals surface area contributed by atoms with Gasteiger partial charge in [-0.05, 0) is 48.4 Å². The van der Waals surface area contributed by atoms with Crippen molar-refractivity contribution in [2.75, 3.05) is 5.88 Å². The molecule has 0 unspecified atom stereocenters.